The Morgan fingerprint density at radius 3 is 2.53 bits per heavy atom. The van der Waals surface area contributed by atoms with Gasteiger partial charge in [-0.25, -0.2) is 0 Å². The SMILES string of the molecule is CCOC(=O)C(C)(N)CN(CC1CC1)C1CC1. The number of rotatable bonds is 7. The van der Waals surface area contributed by atoms with Crippen LogP contribution in [0.3, 0.4) is 0 Å². The second-order valence-electron chi connectivity index (χ2n) is 5.74. The molecule has 2 N–H and O–H groups in total. The molecule has 2 aliphatic rings. The van der Waals surface area contributed by atoms with Crippen LogP contribution in [0.15, 0.2) is 0 Å². The lowest BCUT2D eigenvalue weighted by atomic mass is 10.0. The first-order valence-corrected chi connectivity index (χ1v) is 6.73. The third-order valence-corrected chi connectivity index (χ3v) is 3.53. The predicted molar refractivity (Wildman–Crippen MR) is 66.5 cm³/mol. The average molecular weight is 240 g/mol. The van der Waals surface area contributed by atoms with E-state index in [1.807, 2.05) is 6.92 Å². The van der Waals surface area contributed by atoms with Gasteiger partial charge < -0.3 is 10.5 Å². The number of ether oxygens (including phenoxy) is 1. The summed E-state index contributed by atoms with van der Waals surface area (Å²) >= 11 is 0. The van der Waals surface area contributed by atoms with E-state index in [1.54, 1.807) is 6.92 Å². The van der Waals surface area contributed by atoms with E-state index >= 15 is 0 Å². The number of carbonyl (C=O) groups is 1. The Balaban J connectivity index is 1.88. The molecule has 1 unspecified atom stereocenters. The lowest BCUT2D eigenvalue weighted by molar-refractivity contribution is -0.149. The Morgan fingerprint density at radius 2 is 2.06 bits per heavy atom. The van der Waals surface area contributed by atoms with E-state index in [0.717, 1.165) is 12.5 Å². The summed E-state index contributed by atoms with van der Waals surface area (Å²) in [5.41, 5.74) is 5.23. The minimum absolute atomic E-state index is 0.276. The van der Waals surface area contributed by atoms with Crippen molar-refractivity contribution in [3.63, 3.8) is 0 Å². The fraction of sp³-hybridized carbons (Fsp3) is 0.923. The van der Waals surface area contributed by atoms with Crippen molar-refractivity contribution < 1.29 is 9.53 Å². The van der Waals surface area contributed by atoms with E-state index in [0.29, 0.717) is 19.2 Å². The summed E-state index contributed by atoms with van der Waals surface area (Å²) in [6.45, 7) is 5.74. The number of carbonyl (C=O) groups excluding carboxylic acids is 1. The third-order valence-electron chi connectivity index (χ3n) is 3.53. The van der Waals surface area contributed by atoms with Crippen LogP contribution in [0.25, 0.3) is 0 Å². The van der Waals surface area contributed by atoms with Gasteiger partial charge in [-0.3, -0.25) is 9.69 Å². The summed E-state index contributed by atoms with van der Waals surface area (Å²) in [6.07, 6.45) is 5.19. The van der Waals surface area contributed by atoms with Gasteiger partial charge in [0.2, 0.25) is 0 Å². The molecule has 98 valence electrons. The van der Waals surface area contributed by atoms with Gasteiger partial charge in [0.15, 0.2) is 0 Å². The number of hydrogen-bond acceptors (Lipinski definition) is 4. The molecule has 2 aliphatic carbocycles. The molecular formula is C13H24N2O2. The number of nitrogens with two attached hydrogens (primary N) is 1. The molecule has 4 nitrogen and oxygen atoms in total. The van der Waals surface area contributed by atoms with Crippen molar-refractivity contribution in [1.29, 1.82) is 0 Å². The topological polar surface area (TPSA) is 55.6 Å². The van der Waals surface area contributed by atoms with Crippen LogP contribution in [0.5, 0.6) is 0 Å². The van der Waals surface area contributed by atoms with Gasteiger partial charge in [-0.15, -0.1) is 0 Å². The van der Waals surface area contributed by atoms with Gasteiger partial charge >= 0.3 is 5.97 Å². The second-order valence-corrected chi connectivity index (χ2v) is 5.74. The number of nitrogens with zero attached hydrogens (tertiary/aromatic N) is 1. The molecule has 0 spiro atoms. The fourth-order valence-electron chi connectivity index (χ4n) is 2.20. The largest absolute Gasteiger partial charge is 0.465 e. The maximum Gasteiger partial charge on any atom is 0.327 e. The zero-order valence-corrected chi connectivity index (χ0v) is 10.9. The molecule has 0 aromatic rings. The summed E-state index contributed by atoms with van der Waals surface area (Å²) in [6, 6.07) is 0.660. The molecule has 2 rings (SSSR count). The molecule has 17 heavy (non-hydrogen) atoms. The Morgan fingerprint density at radius 1 is 1.41 bits per heavy atom. The molecule has 0 aromatic carbocycles. The average Bonchev–Trinajstić information content (AvgIpc) is 3.11. The van der Waals surface area contributed by atoms with Crippen molar-refractivity contribution in [3.05, 3.63) is 0 Å². The molecular weight excluding hydrogens is 216 g/mol. The lowest BCUT2D eigenvalue weighted by Gasteiger charge is -2.31. The fourth-order valence-corrected chi connectivity index (χ4v) is 2.20. The lowest BCUT2D eigenvalue weighted by Crippen LogP contribution is -2.55. The van der Waals surface area contributed by atoms with Gasteiger partial charge in [0.05, 0.1) is 6.61 Å². The molecule has 1 atom stereocenters. The molecule has 0 amide bonds. The van der Waals surface area contributed by atoms with Crippen LogP contribution >= 0.6 is 0 Å². The predicted octanol–water partition coefficient (Wildman–Crippen LogP) is 1.14. The molecule has 0 heterocycles. The van der Waals surface area contributed by atoms with Crippen LogP contribution in [0.1, 0.15) is 39.5 Å². The molecule has 2 saturated carbocycles. The van der Waals surface area contributed by atoms with E-state index < -0.39 is 5.54 Å². The van der Waals surface area contributed by atoms with Crippen molar-refractivity contribution in [1.82, 2.24) is 4.90 Å². The first-order chi connectivity index (χ1) is 8.03. The first-order valence-electron chi connectivity index (χ1n) is 6.73. The molecule has 0 aliphatic heterocycles. The standard InChI is InChI=1S/C13H24N2O2/c1-3-17-12(16)13(2,14)9-15(11-6-7-11)8-10-4-5-10/h10-11H,3-9,14H2,1-2H3. The smallest absolute Gasteiger partial charge is 0.327 e. The summed E-state index contributed by atoms with van der Waals surface area (Å²) in [5, 5.41) is 0. The molecule has 2 fully saturated rings. The summed E-state index contributed by atoms with van der Waals surface area (Å²) in [7, 11) is 0. The Labute approximate surface area is 103 Å². The van der Waals surface area contributed by atoms with E-state index in [2.05, 4.69) is 4.90 Å². The number of esters is 1. The molecule has 4 heteroatoms. The van der Waals surface area contributed by atoms with Crippen LogP contribution in [0, 0.1) is 5.92 Å². The maximum atomic E-state index is 11.8. The Kier molecular flexibility index (Phi) is 3.73. The Bertz CT molecular complexity index is 283. The molecule has 0 bridgehead atoms. The zero-order valence-electron chi connectivity index (χ0n) is 10.9. The van der Waals surface area contributed by atoms with Crippen LogP contribution < -0.4 is 5.73 Å². The van der Waals surface area contributed by atoms with Gasteiger partial charge in [-0.1, -0.05) is 0 Å². The first kappa shape index (κ1) is 12.8. The Hall–Kier alpha value is -0.610. The van der Waals surface area contributed by atoms with Gasteiger partial charge in [-0.05, 0) is 45.4 Å². The third kappa shape index (κ3) is 3.68. The van der Waals surface area contributed by atoms with E-state index in [-0.39, 0.29) is 5.97 Å². The van der Waals surface area contributed by atoms with Gasteiger partial charge in [-0.2, -0.15) is 0 Å². The van der Waals surface area contributed by atoms with Crippen LogP contribution in [0.4, 0.5) is 0 Å². The highest BCUT2D eigenvalue weighted by Gasteiger charge is 2.39. The van der Waals surface area contributed by atoms with E-state index in [4.69, 9.17) is 10.5 Å². The molecule has 0 aromatic heterocycles. The zero-order chi connectivity index (χ0) is 12.5. The van der Waals surface area contributed by atoms with Crippen molar-refractivity contribution in [2.75, 3.05) is 19.7 Å². The minimum Gasteiger partial charge on any atom is -0.465 e. The quantitative estimate of drug-likeness (QED) is 0.678. The van der Waals surface area contributed by atoms with Crippen molar-refractivity contribution in [3.8, 4) is 0 Å². The van der Waals surface area contributed by atoms with Crippen molar-refractivity contribution in [2.24, 2.45) is 11.7 Å². The highest BCUT2D eigenvalue weighted by atomic mass is 16.5. The summed E-state index contributed by atoms with van der Waals surface area (Å²) in [4.78, 5) is 14.2. The molecule has 0 saturated heterocycles. The highest BCUT2D eigenvalue weighted by Crippen LogP contribution is 2.35. The van der Waals surface area contributed by atoms with Crippen LogP contribution in [0.2, 0.25) is 0 Å². The van der Waals surface area contributed by atoms with Crippen molar-refractivity contribution >= 4 is 5.97 Å². The summed E-state index contributed by atoms with van der Waals surface area (Å²) in [5.74, 6) is 0.565. The second kappa shape index (κ2) is 4.94. The maximum absolute atomic E-state index is 11.8. The van der Waals surface area contributed by atoms with Crippen molar-refractivity contribution in [2.45, 2.75) is 51.1 Å². The normalized spacial score (nSPS) is 23.5. The van der Waals surface area contributed by atoms with E-state index in [1.165, 1.54) is 25.7 Å². The highest BCUT2D eigenvalue weighted by molar-refractivity contribution is 5.80. The number of hydrogen-bond donors (Lipinski definition) is 1. The minimum atomic E-state index is -0.868. The van der Waals surface area contributed by atoms with E-state index in [9.17, 15) is 4.79 Å². The van der Waals surface area contributed by atoms with Crippen LogP contribution in [-0.4, -0.2) is 42.1 Å². The van der Waals surface area contributed by atoms with Gasteiger partial charge in [0, 0.05) is 19.1 Å². The molecule has 0 radical (unpaired) electrons. The monoisotopic (exact) mass is 240 g/mol. The van der Waals surface area contributed by atoms with Gasteiger partial charge in [0.1, 0.15) is 5.54 Å². The summed E-state index contributed by atoms with van der Waals surface area (Å²) < 4.78 is 5.04. The van der Waals surface area contributed by atoms with Crippen LogP contribution in [-0.2, 0) is 9.53 Å². The van der Waals surface area contributed by atoms with Gasteiger partial charge in [0.25, 0.3) is 0 Å².